The van der Waals surface area contributed by atoms with Gasteiger partial charge in [0.2, 0.25) is 11.8 Å². The van der Waals surface area contributed by atoms with Crippen molar-refractivity contribution in [3.05, 3.63) is 0 Å². The van der Waals surface area contributed by atoms with Gasteiger partial charge >= 0.3 is 0 Å². The molecule has 0 aromatic rings. The summed E-state index contributed by atoms with van der Waals surface area (Å²) in [6, 6.07) is -0.338. The summed E-state index contributed by atoms with van der Waals surface area (Å²) in [4.78, 5) is 27.2. The monoisotopic (exact) mass is 294 g/mol. The van der Waals surface area contributed by atoms with Crippen molar-refractivity contribution < 1.29 is 14.3 Å². The molecule has 1 saturated carbocycles. The fraction of sp³-hybridized carbons (Fsp3) is 0.875. The molecular formula is C16H26N2O3. The van der Waals surface area contributed by atoms with Crippen molar-refractivity contribution in [2.24, 2.45) is 5.92 Å². The Hall–Kier alpha value is -1.10. The molecular weight excluding hydrogens is 268 g/mol. The van der Waals surface area contributed by atoms with Crippen LogP contribution in [0.2, 0.25) is 0 Å². The molecule has 0 aromatic heterocycles. The van der Waals surface area contributed by atoms with Crippen LogP contribution < -0.4 is 5.32 Å². The van der Waals surface area contributed by atoms with Crippen molar-refractivity contribution in [3.63, 3.8) is 0 Å². The van der Waals surface area contributed by atoms with Crippen LogP contribution in [0.3, 0.4) is 0 Å². The van der Waals surface area contributed by atoms with Crippen LogP contribution in [0.15, 0.2) is 0 Å². The summed E-state index contributed by atoms with van der Waals surface area (Å²) in [5.41, 5.74) is -0.697. The Bertz CT molecular complexity index is 429. The van der Waals surface area contributed by atoms with Crippen LogP contribution in [0.1, 0.15) is 52.4 Å². The lowest BCUT2D eigenvalue weighted by molar-refractivity contribution is -0.158. The van der Waals surface area contributed by atoms with Crippen LogP contribution in [-0.2, 0) is 14.3 Å². The first-order chi connectivity index (χ1) is 10.1. The second-order valence-corrected chi connectivity index (χ2v) is 6.84. The third kappa shape index (κ3) is 2.68. The van der Waals surface area contributed by atoms with Gasteiger partial charge in [-0.3, -0.25) is 9.59 Å². The van der Waals surface area contributed by atoms with Gasteiger partial charge < -0.3 is 15.0 Å². The lowest BCUT2D eigenvalue weighted by Gasteiger charge is -2.45. The van der Waals surface area contributed by atoms with E-state index < -0.39 is 5.54 Å². The number of nitrogens with one attached hydrogen (secondary N) is 1. The summed E-state index contributed by atoms with van der Waals surface area (Å²) in [7, 11) is 0. The number of hydrogen-bond acceptors (Lipinski definition) is 3. The molecule has 2 amide bonds. The number of hydrogen-bond donors (Lipinski definition) is 1. The molecule has 5 nitrogen and oxygen atoms in total. The lowest BCUT2D eigenvalue weighted by Crippen LogP contribution is -2.70. The number of carbonyl (C=O) groups is 2. The standard InChI is InChI=1S/C16H26N2O3/c1-3-13-14(19)17-16(2,11-7-8-11)15(20)18(13)10-12-6-4-5-9-21-12/h11-13H,3-10H2,1-2H3,(H,17,19). The second-order valence-electron chi connectivity index (χ2n) is 6.84. The van der Waals surface area contributed by atoms with E-state index in [9.17, 15) is 9.59 Å². The van der Waals surface area contributed by atoms with Gasteiger partial charge in [-0.2, -0.15) is 0 Å². The van der Waals surface area contributed by atoms with Gasteiger partial charge in [-0.05, 0) is 51.4 Å². The molecule has 3 atom stereocenters. The van der Waals surface area contributed by atoms with Gasteiger partial charge in [0.15, 0.2) is 0 Å². The van der Waals surface area contributed by atoms with Gasteiger partial charge in [-0.15, -0.1) is 0 Å². The number of piperazine rings is 1. The van der Waals surface area contributed by atoms with Gasteiger partial charge in [0.1, 0.15) is 11.6 Å². The number of ether oxygens (including phenoxy) is 1. The molecule has 0 bridgehead atoms. The first-order valence-electron chi connectivity index (χ1n) is 8.31. The van der Waals surface area contributed by atoms with Crippen molar-refractivity contribution >= 4 is 11.8 Å². The van der Waals surface area contributed by atoms with Gasteiger partial charge in [-0.1, -0.05) is 6.92 Å². The van der Waals surface area contributed by atoms with E-state index in [-0.39, 0.29) is 24.0 Å². The summed E-state index contributed by atoms with van der Waals surface area (Å²) in [5, 5.41) is 3.00. The SMILES string of the molecule is CCC1C(=O)NC(C)(C2CC2)C(=O)N1CC1CCCCO1. The van der Waals surface area contributed by atoms with E-state index in [0.717, 1.165) is 38.7 Å². The smallest absolute Gasteiger partial charge is 0.249 e. The molecule has 2 heterocycles. The Morgan fingerprint density at radius 1 is 1.29 bits per heavy atom. The topological polar surface area (TPSA) is 58.6 Å². The molecule has 0 spiro atoms. The average molecular weight is 294 g/mol. The molecule has 0 aromatic carbocycles. The summed E-state index contributed by atoms with van der Waals surface area (Å²) in [6.45, 7) is 5.19. The quantitative estimate of drug-likeness (QED) is 0.854. The lowest BCUT2D eigenvalue weighted by atomic mass is 9.88. The minimum Gasteiger partial charge on any atom is -0.376 e. The summed E-state index contributed by atoms with van der Waals surface area (Å²) in [6.07, 6.45) is 6.05. The second kappa shape index (κ2) is 5.59. The average Bonchev–Trinajstić information content (AvgIpc) is 3.31. The molecule has 2 aliphatic heterocycles. The summed E-state index contributed by atoms with van der Waals surface area (Å²) < 4.78 is 5.78. The van der Waals surface area contributed by atoms with Crippen LogP contribution in [0.25, 0.3) is 0 Å². The maximum atomic E-state index is 13.0. The highest BCUT2D eigenvalue weighted by Gasteiger charge is 2.55. The molecule has 21 heavy (non-hydrogen) atoms. The zero-order valence-electron chi connectivity index (χ0n) is 13.1. The fourth-order valence-electron chi connectivity index (χ4n) is 3.70. The Kier molecular flexibility index (Phi) is 3.95. The molecule has 5 heteroatoms. The van der Waals surface area contributed by atoms with Crippen LogP contribution in [0.5, 0.6) is 0 Å². The van der Waals surface area contributed by atoms with E-state index in [1.807, 2.05) is 13.8 Å². The van der Waals surface area contributed by atoms with E-state index in [1.54, 1.807) is 4.90 Å². The minimum absolute atomic E-state index is 0.00214. The highest BCUT2D eigenvalue weighted by Crippen LogP contribution is 2.42. The molecule has 3 aliphatic rings. The van der Waals surface area contributed by atoms with Gasteiger partial charge in [0, 0.05) is 13.2 Å². The Morgan fingerprint density at radius 2 is 2.05 bits per heavy atom. The van der Waals surface area contributed by atoms with Crippen LogP contribution >= 0.6 is 0 Å². The molecule has 3 fully saturated rings. The summed E-state index contributed by atoms with van der Waals surface area (Å²) >= 11 is 0. The van der Waals surface area contributed by atoms with Crippen molar-refractivity contribution in [2.75, 3.05) is 13.2 Å². The Morgan fingerprint density at radius 3 is 2.62 bits per heavy atom. The van der Waals surface area contributed by atoms with Crippen LogP contribution in [0, 0.1) is 5.92 Å². The third-order valence-corrected chi connectivity index (χ3v) is 5.22. The molecule has 1 aliphatic carbocycles. The minimum atomic E-state index is -0.697. The molecule has 3 rings (SSSR count). The fourth-order valence-corrected chi connectivity index (χ4v) is 3.70. The first kappa shape index (κ1) is 14.8. The normalized spacial score (nSPS) is 37.5. The van der Waals surface area contributed by atoms with E-state index in [1.165, 1.54) is 0 Å². The molecule has 0 radical (unpaired) electrons. The van der Waals surface area contributed by atoms with Crippen LogP contribution in [0.4, 0.5) is 0 Å². The van der Waals surface area contributed by atoms with Crippen LogP contribution in [-0.4, -0.2) is 47.6 Å². The maximum Gasteiger partial charge on any atom is 0.249 e. The number of amides is 2. The van der Waals surface area contributed by atoms with E-state index in [0.29, 0.717) is 18.9 Å². The highest BCUT2D eigenvalue weighted by atomic mass is 16.5. The zero-order chi connectivity index (χ0) is 15.0. The third-order valence-electron chi connectivity index (χ3n) is 5.22. The zero-order valence-corrected chi connectivity index (χ0v) is 13.1. The van der Waals surface area contributed by atoms with Gasteiger partial charge in [0.25, 0.3) is 0 Å². The van der Waals surface area contributed by atoms with Crippen molar-refractivity contribution in [2.45, 2.75) is 70.1 Å². The molecule has 118 valence electrons. The number of nitrogens with zero attached hydrogens (tertiary/aromatic N) is 1. The largest absolute Gasteiger partial charge is 0.376 e. The van der Waals surface area contributed by atoms with E-state index >= 15 is 0 Å². The van der Waals surface area contributed by atoms with Crippen molar-refractivity contribution in [1.82, 2.24) is 10.2 Å². The van der Waals surface area contributed by atoms with Gasteiger partial charge in [0.05, 0.1) is 6.10 Å². The number of rotatable bonds is 4. The Labute approximate surface area is 126 Å². The van der Waals surface area contributed by atoms with Gasteiger partial charge in [-0.25, -0.2) is 0 Å². The maximum absolute atomic E-state index is 13.0. The van der Waals surface area contributed by atoms with E-state index in [4.69, 9.17) is 4.74 Å². The van der Waals surface area contributed by atoms with Crippen molar-refractivity contribution in [1.29, 1.82) is 0 Å². The highest BCUT2D eigenvalue weighted by molar-refractivity contribution is 6.00. The number of carbonyl (C=O) groups excluding carboxylic acids is 2. The molecule has 3 unspecified atom stereocenters. The summed E-state index contributed by atoms with van der Waals surface area (Å²) in [5.74, 6) is 0.398. The molecule has 2 saturated heterocycles. The first-order valence-corrected chi connectivity index (χ1v) is 8.31. The Balaban J connectivity index is 1.78. The van der Waals surface area contributed by atoms with E-state index in [2.05, 4.69) is 5.32 Å². The predicted octanol–water partition coefficient (Wildman–Crippen LogP) is 1.46. The molecule has 1 N–H and O–H groups in total. The predicted molar refractivity (Wildman–Crippen MR) is 78.7 cm³/mol. The van der Waals surface area contributed by atoms with Crippen molar-refractivity contribution in [3.8, 4) is 0 Å².